The number of imide groups is 1. The van der Waals surface area contributed by atoms with Crippen LogP contribution in [0.2, 0.25) is 0 Å². The van der Waals surface area contributed by atoms with Crippen molar-refractivity contribution in [3.05, 3.63) is 29.6 Å². The summed E-state index contributed by atoms with van der Waals surface area (Å²) >= 11 is 0. The molecular weight excluding hydrogens is 374 g/mol. The number of esters is 1. The van der Waals surface area contributed by atoms with Crippen molar-refractivity contribution >= 4 is 18.0 Å². The zero-order valence-corrected chi connectivity index (χ0v) is 17.8. The molecule has 0 radical (unpaired) electrons. The molecule has 1 saturated heterocycles. The zero-order valence-electron chi connectivity index (χ0n) is 17.8. The van der Waals surface area contributed by atoms with Crippen molar-refractivity contribution in [2.75, 3.05) is 32.8 Å². The summed E-state index contributed by atoms with van der Waals surface area (Å²) in [7, 11) is 0. The molecule has 29 heavy (non-hydrogen) atoms. The summed E-state index contributed by atoms with van der Waals surface area (Å²) in [6.45, 7) is 10.6. The molecule has 0 N–H and O–H groups in total. The summed E-state index contributed by atoms with van der Waals surface area (Å²) < 4.78 is 10.4. The van der Waals surface area contributed by atoms with Gasteiger partial charge in [0.05, 0.1) is 12.2 Å². The van der Waals surface area contributed by atoms with Crippen LogP contribution in [0.1, 0.15) is 67.8 Å². The number of carbonyl (C=O) groups is 3. The normalized spacial score (nSPS) is 14.1. The van der Waals surface area contributed by atoms with E-state index in [0.29, 0.717) is 6.42 Å². The molecule has 8 nitrogen and oxygen atoms in total. The van der Waals surface area contributed by atoms with Crippen LogP contribution in [0.25, 0.3) is 0 Å². The predicted octanol–water partition coefficient (Wildman–Crippen LogP) is 3.12. The average Bonchev–Trinajstić information content (AvgIpc) is 2.61. The smallest absolute Gasteiger partial charge is 0.417 e. The Morgan fingerprint density at radius 1 is 1.21 bits per heavy atom. The van der Waals surface area contributed by atoms with Crippen LogP contribution in [0, 0.1) is 0 Å². The molecule has 2 rings (SSSR count). The van der Waals surface area contributed by atoms with Gasteiger partial charge in [0.1, 0.15) is 11.3 Å². The van der Waals surface area contributed by atoms with Crippen molar-refractivity contribution in [2.45, 2.75) is 52.6 Å². The van der Waals surface area contributed by atoms with E-state index in [4.69, 9.17) is 9.47 Å². The molecule has 0 saturated carbocycles. The van der Waals surface area contributed by atoms with E-state index >= 15 is 0 Å². The number of hydrogen-bond acceptors (Lipinski definition) is 7. The summed E-state index contributed by atoms with van der Waals surface area (Å²) in [4.78, 5) is 45.0. The summed E-state index contributed by atoms with van der Waals surface area (Å²) in [5, 5.41) is 0. The first-order valence-electron chi connectivity index (χ1n) is 10.1. The molecule has 2 heterocycles. The van der Waals surface area contributed by atoms with Gasteiger partial charge < -0.3 is 14.4 Å². The lowest BCUT2D eigenvalue weighted by atomic mass is 10.2. The molecule has 0 bridgehead atoms. The van der Waals surface area contributed by atoms with Gasteiger partial charge in [0.2, 0.25) is 0 Å². The Kier molecular flexibility index (Phi) is 8.13. The fourth-order valence-electron chi connectivity index (χ4n) is 2.83. The standard InChI is InChI=1S/C21H31N3O5/c1-5-28-19(26)16-9-10-22-17(15-16)18(25)24(20(27)29-21(2,3)4)14-7-6-11-23-12-8-13-23/h9-10,15H,5-8,11-14H2,1-4H3. The van der Waals surface area contributed by atoms with Crippen LogP contribution < -0.4 is 0 Å². The molecule has 1 aliphatic heterocycles. The highest BCUT2D eigenvalue weighted by Gasteiger charge is 2.29. The van der Waals surface area contributed by atoms with Crippen LogP contribution >= 0.6 is 0 Å². The van der Waals surface area contributed by atoms with E-state index in [9.17, 15) is 14.4 Å². The second-order valence-electron chi connectivity index (χ2n) is 7.99. The Hall–Kier alpha value is -2.48. The van der Waals surface area contributed by atoms with E-state index in [1.54, 1.807) is 27.7 Å². The van der Waals surface area contributed by atoms with E-state index in [0.717, 1.165) is 31.0 Å². The minimum atomic E-state index is -0.729. The third-order valence-corrected chi connectivity index (χ3v) is 4.40. The van der Waals surface area contributed by atoms with E-state index < -0.39 is 23.6 Å². The first-order valence-corrected chi connectivity index (χ1v) is 10.1. The molecule has 160 valence electrons. The second-order valence-corrected chi connectivity index (χ2v) is 7.99. The molecule has 2 amide bonds. The van der Waals surface area contributed by atoms with Crippen LogP contribution in [-0.4, -0.2) is 71.1 Å². The van der Waals surface area contributed by atoms with E-state index in [1.165, 1.54) is 24.8 Å². The van der Waals surface area contributed by atoms with Gasteiger partial charge in [-0.3, -0.25) is 9.78 Å². The van der Waals surface area contributed by atoms with E-state index in [-0.39, 0.29) is 24.4 Å². The molecule has 0 aliphatic carbocycles. The third-order valence-electron chi connectivity index (χ3n) is 4.40. The minimum Gasteiger partial charge on any atom is -0.462 e. The van der Waals surface area contributed by atoms with Gasteiger partial charge in [-0.05, 0) is 78.7 Å². The first-order chi connectivity index (χ1) is 13.7. The second kappa shape index (κ2) is 10.3. The Labute approximate surface area is 172 Å². The Morgan fingerprint density at radius 2 is 1.93 bits per heavy atom. The topological polar surface area (TPSA) is 89.0 Å². The molecule has 1 aromatic rings. The van der Waals surface area contributed by atoms with Gasteiger partial charge in [0.15, 0.2) is 0 Å². The number of amides is 2. The Bertz CT molecular complexity index is 725. The number of nitrogens with zero attached hydrogens (tertiary/aromatic N) is 3. The number of carbonyl (C=O) groups excluding carboxylic acids is 3. The van der Waals surface area contributed by atoms with Gasteiger partial charge in [0, 0.05) is 12.7 Å². The predicted molar refractivity (Wildman–Crippen MR) is 108 cm³/mol. The zero-order chi connectivity index (χ0) is 21.4. The van der Waals surface area contributed by atoms with Crippen molar-refractivity contribution in [3.63, 3.8) is 0 Å². The molecule has 8 heteroatoms. The number of rotatable bonds is 8. The lowest BCUT2D eigenvalue weighted by Gasteiger charge is -2.31. The molecule has 0 aromatic carbocycles. The monoisotopic (exact) mass is 405 g/mol. The number of pyridine rings is 1. The van der Waals surface area contributed by atoms with E-state index in [2.05, 4.69) is 9.88 Å². The maximum absolute atomic E-state index is 13.0. The third kappa shape index (κ3) is 7.12. The van der Waals surface area contributed by atoms with E-state index in [1.807, 2.05) is 0 Å². The van der Waals surface area contributed by atoms with Crippen LogP contribution in [0.4, 0.5) is 4.79 Å². The van der Waals surface area contributed by atoms with Crippen LogP contribution in [-0.2, 0) is 9.47 Å². The average molecular weight is 405 g/mol. The van der Waals surface area contributed by atoms with Gasteiger partial charge in [-0.15, -0.1) is 0 Å². The SMILES string of the molecule is CCOC(=O)c1ccnc(C(=O)N(CCCCN2CCC2)C(=O)OC(C)(C)C)c1. The lowest BCUT2D eigenvalue weighted by Crippen LogP contribution is -2.42. The minimum absolute atomic E-state index is 0.00385. The maximum atomic E-state index is 13.0. The molecule has 1 fully saturated rings. The number of aromatic nitrogens is 1. The van der Waals surface area contributed by atoms with Gasteiger partial charge in [-0.2, -0.15) is 0 Å². The fraction of sp³-hybridized carbons (Fsp3) is 0.619. The number of unbranched alkanes of at least 4 members (excludes halogenated alkanes) is 1. The molecule has 0 spiro atoms. The van der Waals surface area contributed by atoms with Crippen molar-refractivity contribution < 1.29 is 23.9 Å². The molecule has 0 unspecified atom stereocenters. The highest BCUT2D eigenvalue weighted by Crippen LogP contribution is 2.15. The molecular formula is C21H31N3O5. The van der Waals surface area contributed by atoms with Gasteiger partial charge in [-0.25, -0.2) is 14.5 Å². The largest absolute Gasteiger partial charge is 0.462 e. The number of ether oxygens (including phenoxy) is 2. The lowest BCUT2D eigenvalue weighted by molar-refractivity contribution is 0.0234. The molecule has 1 aromatic heterocycles. The number of hydrogen-bond donors (Lipinski definition) is 0. The van der Waals surface area contributed by atoms with Crippen molar-refractivity contribution in [2.24, 2.45) is 0 Å². The van der Waals surface area contributed by atoms with Crippen molar-refractivity contribution in [1.29, 1.82) is 0 Å². The van der Waals surface area contributed by atoms with Gasteiger partial charge in [0.25, 0.3) is 5.91 Å². The molecule has 0 atom stereocenters. The Balaban J connectivity index is 2.10. The van der Waals surface area contributed by atoms with Crippen LogP contribution in [0.5, 0.6) is 0 Å². The first kappa shape index (κ1) is 22.8. The highest BCUT2D eigenvalue weighted by atomic mass is 16.6. The highest BCUT2D eigenvalue weighted by molar-refractivity contribution is 6.03. The van der Waals surface area contributed by atoms with Crippen LogP contribution in [0.15, 0.2) is 18.3 Å². The number of likely N-dealkylation sites (tertiary alicyclic amines) is 1. The maximum Gasteiger partial charge on any atom is 0.417 e. The molecule has 1 aliphatic rings. The van der Waals surface area contributed by atoms with Crippen molar-refractivity contribution in [1.82, 2.24) is 14.8 Å². The Morgan fingerprint density at radius 3 is 2.52 bits per heavy atom. The van der Waals surface area contributed by atoms with Crippen LogP contribution in [0.3, 0.4) is 0 Å². The van der Waals surface area contributed by atoms with Gasteiger partial charge in [-0.1, -0.05) is 0 Å². The summed E-state index contributed by atoms with van der Waals surface area (Å²) in [6, 6.07) is 2.82. The van der Waals surface area contributed by atoms with Gasteiger partial charge >= 0.3 is 12.1 Å². The summed E-state index contributed by atoms with van der Waals surface area (Å²) in [6.07, 6.45) is 3.42. The summed E-state index contributed by atoms with van der Waals surface area (Å²) in [5.74, 6) is -1.13. The fourth-order valence-corrected chi connectivity index (χ4v) is 2.83. The quantitative estimate of drug-likeness (QED) is 0.485. The summed E-state index contributed by atoms with van der Waals surface area (Å²) in [5.41, 5.74) is -0.510. The van der Waals surface area contributed by atoms with Crippen molar-refractivity contribution in [3.8, 4) is 0 Å².